The van der Waals surface area contributed by atoms with Crippen LogP contribution in [0.2, 0.25) is 0 Å². The lowest BCUT2D eigenvalue weighted by atomic mass is 9.80. The lowest BCUT2D eigenvalue weighted by Crippen LogP contribution is -2.31. The molecule has 2 aromatic rings. The van der Waals surface area contributed by atoms with Gasteiger partial charge < -0.3 is 13.7 Å². The highest BCUT2D eigenvalue weighted by Gasteiger charge is 2.35. The molecule has 5 heterocycles. The van der Waals surface area contributed by atoms with Crippen LogP contribution in [0.1, 0.15) is 29.6 Å². The van der Waals surface area contributed by atoms with Gasteiger partial charge >= 0.3 is 0 Å². The molecule has 4 nitrogen and oxygen atoms in total. The zero-order chi connectivity index (χ0) is 14.2. The molecule has 110 valence electrons. The Morgan fingerprint density at radius 3 is 2.71 bits per heavy atom. The van der Waals surface area contributed by atoms with Gasteiger partial charge in [0.1, 0.15) is 18.3 Å². The normalized spacial score (nSPS) is 28.5. The van der Waals surface area contributed by atoms with Crippen LogP contribution in [-0.2, 0) is 0 Å². The Balaban J connectivity index is 1.57. The van der Waals surface area contributed by atoms with Crippen LogP contribution in [0.3, 0.4) is 0 Å². The maximum Gasteiger partial charge on any atom is 0.169 e. The van der Waals surface area contributed by atoms with Crippen LogP contribution >= 0.6 is 0 Å². The van der Waals surface area contributed by atoms with Gasteiger partial charge in [-0.15, -0.1) is 0 Å². The van der Waals surface area contributed by atoms with Crippen LogP contribution in [0.4, 0.5) is 0 Å². The first-order valence-electron chi connectivity index (χ1n) is 7.69. The molecule has 0 spiro atoms. The molecule has 1 atom stereocenters. The fourth-order valence-corrected chi connectivity index (χ4v) is 3.72. The molecule has 3 aliphatic rings. The van der Waals surface area contributed by atoms with Gasteiger partial charge in [0.2, 0.25) is 0 Å². The van der Waals surface area contributed by atoms with E-state index >= 15 is 0 Å². The van der Waals surface area contributed by atoms with Crippen LogP contribution in [0.5, 0.6) is 0 Å². The first-order chi connectivity index (χ1) is 10.3. The largest absolute Gasteiger partial charge is 0.472 e. The number of carbonyl (C=O) groups is 1. The highest BCUT2D eigenvalue weighted by Crippen LogP contribution is 2.35. The molecule has 2 bridgehead atoms. The van der Waals surface area contributed by atoms with E-state index in [2.05, 4.69) is 4.90 Å². The van der Waals surface area contributed by atoms with Crippen LogP contribution in [0, 0.1) is 11.8 Å². The quantitative estimate of drug-likeness (QED) is 0.810. The third-order valence-electron chi connectivity index (χ3n) is 4.98. The molecule has 0 amide bonds. The van der Waals surface area contributed by atoms with E-state index in [0.29, 0.717) is 17.2 Å². The minimum atomic E-state index is 0.160. The zero-order valence-electron chi connectivity index (χ0n) is 12.0. The second-order valence-corrected chi connectivity index (χ2v) is 6.15. The smallest absolute Gasteiger partial charge is 0.169 e. The highest BCUT2D eigenvalue weighted by atomic mass is 16.3. The number of carbonyl (C=O) groups excluding carboxylic acids is 1. The first-order valence-corrected chi connectivity index (χ1v) is 7.69. The molecular formula is C17H19NO3. The van der Waals surface area contributed by atoms with Crippen molar-refractivity contribution in [3.63, 3.8) is 0 Å². The number of hydrogen-bond acceptors (Lipinski definition) is 4. The molecule has 2 aromatic heterocycles. The molecule has 21 heavy (non-hydrogen) atoms. The lowest BCUT2D eigenvalue weighted by molar-refractivity contribution is 0.0859. The number of hydrogen-bond donors (Lipinski definition) is 0. The van der Waals surface area contributed by atoms with Crippen molar-refractivity contribution in [2.75, 3.05) is 19.6 Å². The number of piperidine rings is 1. The van der Waals surface area contributed by atoms with Crippen molar-refractivity contribution < 1.29 is 13.6 Å². The van der Waals surface area contributed by atoms with Gasteiger partial charge in [-0.25, -0.2) is 0 Å². The third-order valence-corrected chi connectivity index (χ3v) is 4.98. The second-order valence-electron chi connectivity index (χ2n) is 6.15. The molecular weight excluding hydrogens is 266 g/mol. The van der Waals surface area contributed by atoms with E-state index in [0.717, 1.165) is 44.5 Å². The van der Waals surface area contributed by atoms with E-state index in [1.54, 1.807) is 18.8 Å². The number of fused-ring (bicyclic) bond motifs is 4. The zero-order valence-corrected chi connectivity index (χ0v) is 12.0. The molecule has 3 aliphatic heterocycles. The molecule has 4 heteroatoms. The van der Waals surface area contributed by atoms with E-state index in [-0.39, 0.29) is 11.7 Å². The van der Waals surface area contributed by atoms with Gasteiger partial charge in [-0.2, -0.15) is 0 Å². The van der Waals surface area contributed by atoms with Gasteiger partial charge in [-0.3, -0.25) is 4.79 Å². The van der Waals surface area contributed by atoms with Gasteiger partial charge in [-0.05, 0) is 56.9 Å². The molecule has 3 fully saturated rings. The van der Waals surface area contributed by atoms with Crippen LogP contribution in [0.15, 0.2) is 39.8 Å². The fraction of sp³-hybridized carbons (Fsp3) is 0.471. The number of rotatable bonds is 3. The topological polar surface area (TPSA) is 46.6 Å². The molecule has 0 aromatic carbocycles. The van der Waals surface area contributed by atoms with Crippen molar-refractivity contribution in [1.29, 1.82) is 0 Å². The summed E-state index contributed by atoms with van der Waals surface area (Å²) in [7, 11) is 0. The van der Waals surface area contributed by atoms with E-state index < -0.39 is 0 Å². The highest BCUT2D eigenvalue weighted by molar-refractivity contribution is 5.98. The van der Waals surface area contributed by atoms with E-state index in [4.69, 9.17) is 8.83 Å². The van der Waals surface area contributed by atoms with Crippen molar-refractivity contribution in [2.24, 2.45) is 11.8 Å². The van der Waals surface area contributed by atoms with Crippen molar-refractivity contribution in [3.8, 4) is 11.3 Å². The van der Waals surface area contributed by atoms with Crippen molar-refractivity contribution >= 4 is 5.78 Å². The van der Waals surface area contributed by atoms with Crippen LogP contribution in [0.25, 0.3) is 11.3 Å². The van der Waals surface area contributed by atoms with Crippen LogP contribution < -0.4 is 0 Å². The van der Waals surface area contributed by atoms with Gasteiger partial charge in [0.05, 0.1) is 17.4 Å². The van der Waals surface area contributed by atoms with E-state index in [1.165, 1.54) is 0 Å². The summed E-state index contributed by atoms with van der Waals surface area (Å²) < 4.78 is 10.6. The Morgan fingerprint density at radius 2 is 1.95 bits per heavy atom. The summed E-state index contributed by atoms with van der Waals surface area (Å²) in [6.45, 7) is 3.36. The molecule has 0 saturated carbocycles. The molecule has 5 rings (SSSR count). The summed E-state index contributed by atoms with van der Waals surface area (Å²) in [5.74, 6) is 1.66. The van der Waals surface area contributed by atoms with Gasteiger partial charge in [-0.1, -0.05) is 0 Å². The molecule has 3 saturated heterocycles. The summed E-state index contributed by atoms with van der Waals surface area (Å²) in [6.07, 6.45) is 8.13. The average Bonchev–Trinajstić information content (AvgIpc) is 3.12. The number of ketones is 1. The average molecular weight is 285 g/mol. The predicted octanol–water partition coefficient (Wildman–Crippen LogP) is 3.45. The minimum Gasteiger partial charge on any atom is -0.472 e. The summed E-state index contributed by atoms with van der Waals surface area (Å²) in [5.41, 5.74) is 1.58. The fourth-order valence-electron chi connectivity index (χ4n) is 3.72. The minimum absolute atomic E-state index is 0.160. The molecule has 1 unspecified atom stereocenters. The maximum atomic E-state index is 12.8. The number of nitrogens with zero attached hydrogens (tertiary/aromatic N) is 1. The summed E-state index contributed by atoms with van der Waals surface area (Å²) >= 11 is 0. The maximum absolute atomic E-state index is 12.8. The van der Waals surface area contributed by atoms with Crippen LogP contribution in [-0.4, -0.2) is 30.3 Å². The SMILES string of the molecule is O=C(c1coc(-c2ccoc2)c1)C1CCN2CCC1CC2. The predicted molar refractivity (Wildman–Crippen MR) is 78.0 cm³/mol. The van der Waals surface area contributed by atoms with Gasteiger partial charge in [0, 0.05) is 5.92 Å². The molecule has 0 aliphatic carbocycles. The van der Waals surface area contributed by atoms with Crippen molar-refractivity contribution in [3.05, 3.63) is 36.5 Å². The Bertz CT molecular complexity index is 620. The van der Waals surface area contributed by atoms with Gasteiger partial charge in [0.25, 0.3) is 0 Å². The monoisotopic (exact) mass is 285 g/mol. The number of Topliss-reactive ketones (excluding diaryl/α,β-unsaturated/α-hetero) is 1. The summed E-state index contributed by atoms with van der Waals surface area (Å²) in [4.78, 5) is 15.3. The summed E-state index contributed by atoms with van der Waals surface area (Å²) in [6, 6.07) is 3.69. The third kappa shape index (κ3) is 2.33. The summed E-state index contributed by atoms with van der Waals surface area (Å²) in [5, 5.41) is 0. The Hall–Kier alpha value is -1.81. The molecule has 0 radical (unpaired) electrons. The van der Waals surface area contributed by atoms with Crippen molar-refractivity contribution in [1.82, 2.24) is 4.90 Å². The van der Waals surface area contributed by atoms with E-state index in [1.807, 2.05) is 12.1 Å². The molecule has 0 N–H and O–H groups in total. The van der Waals surface area contributed by atoms with E-state index in [9.17, 15) is 4.79 Å². The van der Waals surface area contributed by atoms with Gasteiger partial charge in [0.15, 0.2) is 5.78 Å². The Morgan fingerprint density at radius 1 is 1.14 bits per heavy atom. The Labute approximate surface area is 123 Å². The van der Waals surface area contributed by atoms with Crippen molar-refractivity contribution in [2.45, 2.75) is 19.3 Å². The first kappa shape index (κ1) is 12.9. The number of furan rings is 2. The standard InChI is InChI=1S/C17H19NO3/c19-17(15-3-7-18-5-1-12(15)2-6-18)14-9-16(21-11-14)13-4-8-20-10-13/h4,8-12,15H,1-3,5-7H2. The Kier molecular flexibility index (Phi) is 3.19. The second kappa shape index (κ2) is 5.19. The lowest BCUT2D eigenvalue weighted by Gasteiger charge is -2.28.